The van der Waals surface area contributed by atoms with Crippen LogP contribution in [0.15, 0.2) is 59.7 Å². The fraction of sp³-hybridized carbons (Fsp3) is 0.0952. The number of anilines is 1. The van der Waals surface area contributed by atoms with Crippen molar-refractivity contribution in [1.82, 2.24) is 0 Å². The molecule has 0 atom stereocenters. The van der Waals surface area contributed by atoms with Gasteiger partial charge in [0.1, 0.15) is 6.61 Å². The topological polar surface area (TPSA) is 42.8 Å². The van der Waals surface area contributed by atoms with Crippen LogP contribution in [0.4, 0.5) is 5.69 Å². The van der Waals surface area contributed by atoms with E-state index >= 15 is 0 Å². The van der Waals surface area contributed by atoms with Gasteiger partial charge < -0.3 is 9.47 Å². The van der Waals surface area contributed by atoms with E-state index in [1.165, 1.54) is 0 Å². The van der Waals surface area contributed by atoms with Crippen molar-refractivity contribution in [2.45, 2.75) is 6.61 Å². The first kappa shape index (κ1) is 21.6. The molecule has 0 heterocycles. The maximum atomic E-state index is 6.22. The fourth-order valence-corrected chi connectivity index (χ4v) is 3.22. The van der Waals surface area contributed by atoms with E-state index in [0.29, 0.717) is 37.2 Å². The number of nitrogens with one attached hydrogen (secondary N) is 1. The van der Waals surface area contributed by atoms with Crippen LogP contribution in [0.25, 0.3) is 0 Å². The third-order valence-electron chi connectivity index (χ3n) is 3.95. The Morgan fingerprint density at radius 2 is 1.62 bits per heavy atom. The number of methoxy groups -OCH3 is 1. The average molecular weight is 470 g/mol. The molecule has 3 rings (SSSR count). The molecule has 0 fully saturated rings. The highest BCUT2D eigenvalue weighted by atomic mass is 35.5. The van der Waals surface area contributed by atoms with Crippen molar-refractivity contribution in [1.29, 1.82) is 0 Å². The summed E-state index contributed by atoms with van der Waals surface area (Å²) in [7, 11) is 1.56. The van der Waals surface area contributed by atoms with E-state index in [1.54, 1.807) is 43.7 Å². The summed E-state index contributed by atoms with van der Waals surface area (Å²) in [5.74, 6) is 1.09. The minimum atomic E-state index is 0.153. The number of hydrogen-bond acceptors (Lipinski definition) is 4. The average Bonchev–Trinajstić information content (AvgIpc) is 2.73. The summed E-state index contributed by atoms with van der Waals surface area (Å²) in [6.45, 7) is 0.153. The molecular formula is C21H16Cl4N2O2. The lowest BCUT2D eigenvalue weighted by Gasteiger charge is -2.13. The molecule has 3 aromatic carbocycles. The second-order valence-electron chi connectivity index (χ2n) is 5.90. The van der Waals surface area contributed by atoms with Gasteiger partial charge in [-0.05, 0) is 60.2 Å². The number of nitrogens with zero attached hydrogens (tertiary/aromatic N) is 1. The van der Waals surface area contributed by atoms with Crippen LogP contribution >= 0.6 is 46.4 Å². The lowest BCUT2D eigenvalue weighted by Crippen LogP contribution is -2.00. The van der Waals surface area contributed by atoms with Crippen molar-refractivity contribution in [2.24, 2.45) is 5.10 Å². The molecule has 0 spiro atoms. The van der Waals surface area contributed by atoms with Gasteiger partial charge in [-0.3, -0.25) is 5.43 Å². The number of halogens is 4. The van der Waals surface area contributed by atoms with Crippen molar-refractivity contribution < 1.29 is 9.47 Å². The predicted octanol–water partition coefficient (Wildman–Crippen LogP) is 7.33. The number of rotatable bonds is 7. The highest BCUT2D eigenvalue weighted by molar-refractivity contribution is 6.44. The largest absolute Gasteiger partial charge is 0.493 e. The van der Waals surface area contributed by atoms with Crippen molar-refractivity contribution in [3.8, 4) is 11.5 Å². The lowest BCUT2D eigenvalue weighted by atomic mass is 10.2. The summed E-state index contributed by atoms with van der Waals surface area (Å²) in [4.78, 5) is 0. The van der Waals surface area contributed by atoms with E-state index in [4.69, 9.17) is 55.9 Å². The molecular weight excluding hydrogens is 454 g/mol. The van der Waals surface area contributed by atoms with Gasteiger partial charge in [-0.2, -0.15) is 5.10 Å². The van der Waals surface area contributed by atoms with E-state index in [1.807, 2.05) is 24.3 Å². The Morgan fingerprint density at radius 3 is 2.34 bits per heavy atom. The molecule has 3 aromatic rings. The van der Waals surface area contributed by atoms with Crippen molar-refractivity contribution >= 4 is 58.3 Å². The summed E-state index contributed by atoms with van der Waals surface area (Å²) in [6.07, 6.45) is 1.67. The van der Waals surface area contributed by atoms with Crippen molar-refractivity contribution in [3.63, 3.8) is 0 Å². The highest BCUT2D eigenvalue weighted by Crippen LogP contribution is 2.34. The van der Waals surface area contributed by atoms with Crippen LogP contribution in [0, 0.1) is 0 Å². The first-order chi connectivity index (χ1) is 14.0. The standard InChI is InChI=1S/C21H16Cl4N2O2/c1-28-20-10-13(11-26-27-15-5-3-14(22)4-6-15)2-9-19(20)29-12-16-17(23)7-8-18(24)21(16)25/h2-11,27H,12H2,1H3. The number of benzene rings is 3. The highest BCUT2D eigenvalue weighted by Gasteiger charge is 2.12. The smallest absolute Gasteiger partial charge is 0.161 e. The summed E-state index contributed by atoms with van der Waals surface area (Å²) in [5.41, 5.74) is 5.20. The zero-order valence-corrected chi connectivity index (χ0v) is 18.3. The molecule has 0 bridgehead atoms. The van der Waals surface area contributed by atoms with Gasteiger partial charge in [0.2, 0.25) is 0 Å². The first-order valence-electron chi connectivity index (χ1n) is 8.46. The summed E-state index contributed by atoms with van der Waals surface area (Å²) < 4.78 is 11.3. The molecule has 0 amide bonds. The van der Waals surface area contributed by atoms with Gasteiger partial charge in [0.05, 0.1) is 29.1 Å². The van der Waals surface area contributed by atoms with E-state index in [2.05, 4.69) is 10.5 Å². The van der Waals surface area contributed by atoms with Crippen LogP contribution in [-0.2, 0) is 6.61 Å². The number of hydrazone groups is 1. The third kappa shape index (κ3) is 5.71. The van der Waals surface area contributed by atoms with Crippen LogP contribution in [0.2, 0.25) is 20.1 Å². The Kier molecular flexibility index (Phi) is 7.51. The van der Waals surface area contributed by atoms with Gasteiger partial charge >= 0.3 is 0 Å². The Labute approximate surface area is 188 Å². The molecule has 0 aliphatic rings. The Bertz CT molecular complexity index is 1020. The molecule has 0 saturated carbocycles. The maximum absolute atomic E-state index is 6.22. The van der Waals surface area contributed by atoms with Crippen LogP contribution in [0.5, 0.6) is 11.5 Å². The van der Waals surface area contributed by atoms with Crippen LogP contribution in [0.3, 0.4) is 0 Å². The molecule has 0 aromatic heterocycles. The molecule has 0 radical (unpaired) electrons. The molecule has 0 aliphatic carbocycles. The molecule has 4 nitrogen and oxygen atoms in total. The van der Waals surface area contributed by atoms with Gasteiger partial charge in [-0.25, -0.2) is 0 Å². The van der Waals surface area contributed by atoms with Gasteiger partial charge in [0, 0.05) is 15.6 Å². The summed E-state index contributed by atoms with van der Waals surface area (Å²) >= 11 is 24.3. The lowest BCUT2D eigenvalue weighted by molar-refractivity contribution is 0.284. The zero-order chi connectivity index (χ0) is 20.8. The third-order valence-corrected chi connectivity index (χ3v) is 5.40. The maximum Gasteiger partial charge on any atom is 0.161 e. The van der Waals surface area contributed by atoms with Gasteiger partial charge in [0.25, 0.3) is 0 Å². The van der Waals surface area contributed by atoms with Gasteiger partial charge in [0.15, 0.2) is 11.5 Å². The van der Waals surface area contributed by atoms with Crippen LogP contribution in [-0.4, -0.2) is 13.3 Å². The molecule has 0 aliphatic heterocycles. The Morgan fingerprint density at radius 1 is 0.897 bits per heavy atom. The van der Waals surface area contributed by atoms with Gasteiger partial charge in [-0.1, -0.05) is 46.4 Å². The van der Waals surface area contributed by atoms with E-state index in [0.717, 1.165) is 11.3 Å². The predicted molar refractivity (Wildman–Crippen MR) is 121 cm³/mol. The molecule has 150 valence electrons. The molecule has 0 unspecified atom stereocenters. The van der Waals surface area contributed by atoms with Crippen LogP contribution < -0.4 is 14.9 Å². The SMILES string of the molecule is COc1cc(C=NNc2ccc(Cl)cc2)ccc1OCc1c(Cl)ccc(Cl)c1Cl. The second-order valence-corrected chi connectivity index (χ2v) is 7.53. The Balaban J connectivity index is 1.69. The van der Waals surface area contributed by atoms with E-state index < -0.39 is 0 Å². The number of hydrogen-bond donors (Lipinski definition) is 1. The molecule has 8 heteroatoms. The van der Waals surface area contributed by atoms with E-state index in [-0.39, 0.29) is 6.61 Å². The summed E-state index contributed by atoms with van der Waals surface area (Å²) in [6, 6.07) is 16.0. The minimum Gasteiger partial charge on any atom is -0.493 e. The minimum absolute atomic E-state index is 0.153. The normalized spacial score (nSPS) is 10.9. The first-order valence-corrected chi connectivity index (χ1v) is 9.97. The van der Waals surface area contributed by atoms with E-state index in [9.17, 15) is 0 Å². The second kappa shape index (κ2) is 10.1. The molecule has 29 heavy (non-hydrogen) atoms. The van der Waals surface area contributed by atoms with Gasteiger partial charge in [-0.15, -0.1) is 0 Å². The number of ether oxygens (including phenoxy) is 2. The monoisotopic (exact) mass is 468 g/mol. The molecule has 1 N–H and O–H groups in total. The van der Waals surface area contributed by atoms with Crippen molar-refractivity contribution in [2.75, 3.05) is 12.5 Å². The van der Waals surface area contributed by atoms with Crippen molar-refractivity contribution in [3.05, 3.63) is 85.8 Å². The Hall–Kier alpha value is -2.11. The summed E-state index contributed by atoms with van der Waals surface area (Å²) in [5, 5.41) is 6.15. The molecule has 0 saturated heterocycles. The fourth-order valence-electron chi connectivity index (χ4n) is 2.44. The quantitative estimate of drug-likeness (QED) is 0.223. The van der Waals surface area contributed by atoms with Crippen LogP contribution in [0.1, 0.15) is 11.1 Å². The zero-order valence-electron chi connectivity index (χ0n) is 15.3.